The van der Waals surface area contributed by atoms with Crippen LogP contribution in [0.25, 0.3) is 27.2 Å². The highest BCUT2D eigenvalue weighted by atomic mass is 19.4. The van der Waals surface area contributed by atoms with E-state index < -0.39 is 11.7 Å². The molecule has 1 aromatic carbocycles. The maximum absolute atomic E-state index is 13.1. The van der Waals surface area contributed by atoms with E-state index in [1.807, 2.05) is 0 Å². The summed E-state index contributed by atoms with van der Waals surface area (Å²) in [6, 6.07) is 5.12. The highest BCUT2D eigenvalue weighted by Crippen LogP contribution is 2.41. The van der Waals surface area contributed by atoms with Crippen molar-refractivity contribution in [3.05, 3.63) is 72.8 Å². The summed E-state index contributed by atoms with van der Waals surface area (Å²) >= 11 is 0. The first kappa shape index (κ1) is 15.4. The molecule has 0 radical (unpaired) electrons. The number of aromatic nitrogens is 2. The smallest absolute Gasteiger partial charge is 0.416 e. The summed E-state index contributed by atoms with van der Waals surface area (Å²) in [6.07, 6.45) is 0.235. The van der Waals surface area contributed by atoms with Crippen LogP contribution in [0.4, 0.5) is 13.2 Å². The number of rotatable bonds is 2. The number of hydrogen-bond acceptors (Lipinski definition) is 3. The number of allylic oxidation sites excluding steroid dienone is 3. The molecule has 0 spiro atoms. The third-order valence-corrected chi connectivity index (χ3v) is 4.12. The van der Waals surface area contributed by atoms with Crippen molar-refractivity contribution in [3.8, 4) is 5.88 Å². The normalized spacial score (nSPS) is 13.9. The van der Waals surface area contributed by atoms with Crippen molar-refractivity contribution in [3.63, 3.8) is 0 Å². The third-order valence-electron chi connectivity index (χ3n) is 4.12. The van der Waals surface area contributed by atoms with Crippen LogP contribution in [0.5, 0.6) is 5.88 Å². The quantitative estimate of drug-likeness (QED) is 0.596. The largest absolute Gasteiger partial charge is 0.438 e. The van der Waals surface area contributed by atoms with Crippen molar-refractivity contribution in [2.45, 2.75) is 6.18 Å². The van der Waals surface area contributed by atoms with E-state index in [-0.39, 0.29) is 0 Å². The van der Waals surface area contributed by atoms with E-state index in [0.29, 0.717) is 44.6 Å². The molecule has 1 aliphatic rings. The molecule has 3 aromatic rings. The number of halogens is 3. The second-order valence-electron chi connectivity index (χ2n) is 5.52. The number of ether oxygens (including phenoxy) is 1. The Labute approximate surface area is 140 Å². The number of hydrogen-bond donors (Lipinski definition) is 0. The van der Waals surface area contributed by atoms with E-state index in [0.717, 1.165) is 12.1 Å². The van der Waals surface area contributed by atoms with E-state index >= 15 is 0 Å². The molecule has 3 heterocycles. The molecule has 4 rings (SSSR count). The number of pyridine rings is 2. The minimum Gasteiger partial charge on any atom is -0.438 e. The highest BCUT2D eigenvalue weighted by molar-refractivity contribution is 6.12. The van der Waals surface area contributed by atoms with Gasteiger partial charge in [0.25, 0.3) is 0 Å². The summed E-state index contributed by atoms with van der Waals surface area (Å²) in [5.74, 6) is 0.757. The van der Waals surface area contributed by atoms with Gasteiger partial charge in [-0.2, -0.15) is 13.2 Å². The molecular formula is C19H11F3N2O. The van der Waals surface area contributed by atoms with Crippen LogP contribution < -0.4 is 4.74 Å². The molecule has 124 valence electrons. The third kappa shape index (κ3) is 2.21. The van der Waals surface area contributed by atoms with Crippen molar-refractivity contribution in [2.75, 3.05) is 0 Å². The molecule has 0 saturated heterocycles. The molecule has 0 saturated carbocycles. The monoisotopic (exact) mass is 340 g/mol. The number of benzene rings is 1. The van der Waals surface area contributed by atoms with Crippen molar-refractivity contribution < 1.29 is 17.9 Å². The van der Waals surface area contributed by atoms with Gasteiger partial charge in [0.1, 0.15) is 5.76 Å². The summed E-state index contributed by atoms with van der Waals surface area (Å²) in [7, 11) is 0. The summed E-state index contributed by atoms with van der Waals surface area (Å²) < 4.78 is 45.0. The Bertz CT molecular complexity index is 1100. The highest BCUT2D eigenvalue weighted by Gasteiger charge is 2.31. The average molecular weight is 340 g/mol. The summed E-state index contributed by atoms with van der Waals surface area (Å²) in [5.41, 5.74) is 0.883. The Morgan fingerprint density at radius 2 is 1.84 bits per heavy atom. The Balaban J connectivity index is 2.14. The van der Waals surface area contributed by atoms with E-state index in [1.54, 1.807) is 18.3 Å². The van der Waals surface area contributed by atoms with Crippen molar-refractivity contribution in [1.29, 1.82) is 0 Å². The number of fused-ring (bicyclic) bond motifs is 2. The van der Waals surface area contributed by atoms with Crippen LogP contribution in [0.1, 0.15) is 11.3 Å². The fourth-order valence-corrected chi connectivity index (χ4v) is 3.00. The SMILES string of the molecule is C=CC1=C(C=C)c2nccc3c2c(nc2ccc(C(F)(F)F)cc23)O1. The molecule has 0 N–H and O–H groups in total. The molecule has 25 heavy (non-hydrogen) atoms. The molecule has 0 unspecified atom stereocenters. The molecule has 3 nitrogen and oxygen atoms in total. The van der Waals surface area contributed by atoms with E-state index in [9.17, 15) is 13.2 Å². The van der Waals surface area contributed by atoms with Crippen LogP contribution in [0.3, 0.4) is 0 Å². The van der Waals surface area contributed by atoms with Gasteiger partial charge >= 0.3 is 6.18 Å². The van der Waals surface area contributed by atoms with Crippen LogP contribution in [0, 0.1) is 0 Å². The second-order valence-corrected chi connectivity index (χ2v) is 5.52. The van der Waals surface area contributed by atoms with Gasteiger partial charge < -0.3 is 4.74 Å². The first-order valence-electron chi connectivity index (χ1n) is 7.41. The van der Waals surface area contributed by atoms with Crippen LogP contribution >= 0.6 is 0 Å². The van der Waals surface area contributed by atoms with E-state index in [2.05, 4.69) is 23.1 Å². The lowest BCUT2D eigenvalue weighted by Crippen LogP contribution is -2.08. The van der Waals surface area contributed by atoms with Gasteiger partial charge in [0.05, 0.1) is 22.2 Å². The van der Waals surface area contributed by atoms with E-state index in [4.69, 9.17) is 4.74 Å². The Morgan fingerprint density at radius 1 is 1.04 bits per heavy atom. The standard InChI is InChI=1S/C19H11F3N2O/c1-3-11-15(4-2)25-18-16-12(7-8-23-17(11)16)13-9-10(19(20,21)22)5-6-14(13)24-18/h3-9H,1-2H2. The first-order chi connectivity index (χ1) is 11.9. The van der Waals surface area contributed by atoms with E-state index in [1.165, 1.54) is 12.1 Å². The van der Waals surface area contributed by atoms with Crippen molar-refractivity contribution in [1.82, 2.24) is 9.97 Å². The van der Waals surface area contributed by atoms with Gasteiger partial charge in [-0.3, -0.25) is 4.98 Å². The Hall–Kier alpha value is -3.15. The van der Waals surface area contributed by atoms with Gasteiger partial charge in [0.15, 0.2) is 0 Å². The molecular weight excluding hydrogens is 329 g/mol. The Kier molecular flexibility index (Phi) is 3.18. The number of nitrogens with zero attached hydrogens (tertiary/aromatic N) is 2. The van der Waals surface area contributed by atoms with Crippen LogP contribution in [0.15, 0.2) is 61.5 Å². The summed E-state index contributed by atoms with van der Waals surface area (Å²) in [4.78, 5) is 8.73. The maximum atomic E-state index is 13.1. The summed E-state index contributed by atoms with van der Waals surface area (Å²) in [6.45, 7) is 7.47. The fourth-order valence-electron chi connectivity index (χ4n) is 3.00. The molecule has 6 heteroatoms. The predicted octanol–water partition coefficient (Wildman–Crippen LogP) is 5.28. The van der Waals surface area contributed by atoms with Gasteiger partial charge in [0.2, 0.25) is 5.88 Å². The van der Waals surface area contributed by atoms with Crippen LogP contribution in [0.2, 0.25) is 0 Å². The molecule has 2 aromatic heterocycles. The zero-order valence-electron chi connectivity index (χ0n) is 12.9. The minimum absolute atomic E-state index is 0.297. The maximum Gasteiger partial charge on any atom is 0.416 e. The van der Waals surface area contributed by atoms with Crippen molar-refractivity contribution in [2.24, 2.45) is 0 Å². The molecule has 0 aliphatic carbocycles. The lowest BCUT2D eigenvalue weighted by molar-refractivity contribution is -0.137. The molecule has 0 amide bonds. The topological polar surface area (TPSA) is 35.0 Å². The first-order valence-corrected chi connectivity index (χ1v) is 7.41. The minimum atomic E-state index is -4.43. The number of alkyl halides is 3. The van der Waals surface area contributed by atoms with Gasteiger partial charge in [-0.25, -0.2) is 4.98 Å². The lowest BCUT2D eigenvalue weighted by Gasteiger charge is -2.20. The zero-order valence-corrected chi connectivity index (χ0v) is 12.9. The predicted molar refractivity (Wildman–Crippen MR) is 90.0 cm³/mol. The van der Waals surface area contributed by atoms with Crippen LogP contribution in [-0.4, -0.2) is 9.97 Å². The second kappa shape index (κ2) is 5.17. The van der Waals surface area contributed by atoms with Gasteiger partial charge in [0, 0.05) is 22.5 Å². The fraction of sp³-hybridized carbons (Fsp3) is 0.0526. The van der Waals surface area contributed by atoms with Gasteiger partial charge in [-0.15, -0.1) is 0 Å². The molecule has 0 bridgehead atoms. The average Bonchev–Trinajstić information content (AvgIpc) is 2.60. The van der Waals surface area contributed by atoms with Gasteiger partial charge in [-0.1, -0.05) is 19.2 Å². The molecule has 0 fully saturated rings. The van der Waals surface area contributed by atoms with Gasteiger partial charge in [-0.05, 0) is 30.3 Å². The molecule has 0 atom stereocenters. The Morgan fingerprint density at radius 3 is 2.52 bits per heavy atom. The zero-order chi connectivity index (χ0) is 17.8. The van der Waals surface area contributed by atoms with Crippen LogP contribution in [-0.2, 0) is 6.18 Å². The summed E-state index contributed by atoms with van der Waals surface area (Å²) in [5, 5.41) is 1.56. The van der Waals surface area contributed by atoms with Crippen molar-refractivity contribution >= 4 is 27.2 Å². The lowest BCUT2D eigenvalue weighted by atomic mass is 9.98. The molecule has 1 aliphatic heterocycles.